The van der Waals surface area contributed by atoms with Crippen LogP contribution in [0.15, 0.2) is 40.6 Å². The smallest absolute Gasteiger partial charge is 0.282 e. The van der Waals surface area contributed by atoms with E-state index in [0.29, 0.717) is 50.7 Å². The van der Waals surface area contributed by atoms with Crippen LogP contribution in [0.4, 0.5) is 0 Å². The van der Waals surface area contributed by atoms with Gasteiger partial charge in [-0.05, 0) is 37.1 Å². The van der Waals surface area contributed by atoms with Crippen LogP contribution in [-0.2, 0) is 29.6 Å². The molecule has 31 heavy (non-hydrogen) atoms. The van der Waals surface area contributed by atoms with Crippen molar-refractivity contribution >= 4 is 37.6 Å². The largest absolute Gasteiger partial charge is 0.379 e. The lowest BCUT2D eigenvalue weighted by Gasteiger charge is -2.30. The van der Waals surface area contributed by atoms with Crippen molar-refractivity contribution in [2.45, 2.75) is 17.7 Å². The van der Waals surface area contributed by atoms with E-state index in [0.717, 1.165) is 5.41 Å². The first kappa shape index (κ1) is 24.1. The lowest BCUT2D eigenvalue weighted by atomic mass is 10.1. The van der Waals surface area contributed by atoms with E-state index in [1.54, 1.807) is 0 Å². The summed E-state index contributed by atoms with van der Waals surface area (Å²) in [6.45, 7) is 2.10. The molecule has 0 aromatic heterocycles. The molecule has 1 aromatic rings. The van der Waals surface area contributed by atoms with E-state index in [9.17, 15) is 21.6 Å². The molecule has 1 amide bonds. The molecule has 2 saturated heterocycles. The number of hydrogen-bond donors (Lipinski definition) is 1. The number of halogens is 1. The van der Waals surface area contributed by atoms with E-state index in [-0.39, 0.29) is 23.9 Å². The number of carbonyl (C=O) groups is 1. The first-order valence-electron chi connectivity index (χ1n) is 9.98. The van der Waals surface area contributed by atoms with Crippen LogP contribution >= 0.6 is 11.6 Å². The van der Waals surface area contributed by atoms with Gasteiger partial charge in [-0.25, -0.2) is 8.42 Å². The van der Waals surface area contributed by atoms with Gasteiger partial charge in [0.1, 0.15) is 0 Å². The fourth-order valence-corrected chi connectivity index (χ4v) is 6.24. The number of rotatable bonds is 8. The zero-order chi connectivity index (χ0) is 22.5. The summed E-state index contributed by atoms with van der Waals surface area (Å²) < 4.78 is 57.7. The highest BCUT2D eigenvalue weighted by Gasteiger charge is 2.38. The van der Waals surface area contributed by atoms with Crippen molar-refractivity contribution in [1.82, 2.24) is 13.9 Å². The minimum Gasteiger partial charge on any atom is -0.379 e. The summed E-state index contributed by atoms with van der Waals surface area (Å²) in [5.41, 5.74) is 0. The molecular weight excluding hydrogens is 466 g/mol. The van der Waals surface area contributed by atoms with Gasteiger partial charge >= 0.3 is 0 Å². The first-order chi connectivity index (χ1) is 14.7. The molecular formula is C19H26ClN3O6S2. The maximum Gasteiger partial charge on any atom is 0.282 e. The molecule has 3 rings (SSSR count). The normalized spacial score (nSPS) is 21.5. The second-order valence-corrected chi connectivity index (χ2v) is 11.5. The minimum atomic E-state index is -3.58. The highest BCUT2D eigenvalue weighted by molar-refractivity contribution is 7.94. The summed E-state index contributed by atoms with van der Waals surface area (Å²) in [6, 6.07) is 5.88. The van der Waals surface area contributed by atoms with Crippen LogP contribution in [0.2, 0.25) is 5.02 Å². The maximum atomic E-state index is 12.7. The van der Waals surface area contributed by atoms with Crippen LogP contribution in [0.25, 0.3) is 0 Å². The second kappa shape index (κ2) is 10.4. The number of morpholine rings is 1. The van der Waals surface area contributed by atoms with Gasteiger partial charge < -0.3 is 10.1 Å². The van der Waals surface area contributed by atoms with Crippen molar-refractivity contribution in [3.8, 4) is 0 Å². The predicted octanol–water partition coefficient (Wildman–Crippen LogP) is 1.03. The molecule has 172 valence electrons. The SMILES string of the molecule is O=C(NCC/C=C/S(=O)(=O)c1ccc(Cl)cc1)[C@H]1CCN(S(=O)(=O)N2CCOCC2)C1. The van der Waals surface area contributed by atoms with Gasteiger partial charge in [0, 0.05) is 43.2 Å². The van der Waals surface area contributed by atoms with E-state index >= 15 is 0 Å². The Hall–Kier alpha value is -1.50. The van der Waals surface area contributed by atoms with E-state index in [1.165, 1.54) is 39.0 Å². The zero-order valence-electron chi connectivity index (χ0n) is 16.9. The van der Waals surface area contributed by atoms with Gasteiger partial charge in [0.2, 0.25) is 5.91 Å². The highest BCUT2D eigenvalue weighted by atomic mass is 35.5. The standard InChI is InChI=1S/C19H26ClN3O6S2/c20-17-3-5-18(6-4-17)30(25,26)14-2-1-8-21-19(24)16-7-9-23(15-16)31(27,28)22-10-12-29-13-11-22/h2-6,14,16H,1,7-13,15H2,(H,21,24)/b14-2+/t16-/m0/s1. The lowest BCUT2D eigenvalue weighted by Crippen LogP contribution is -2.48. The van der Waals surface area contributed by atoms with Crippen molar-refractivity contribution in [1.29, 1.82) is 0 Å². The number of sulfone groups is 1. The number of benzene rings is 1. The number of amides is 1. The highest BCUT2D eigenvalue weighted by Crippen LogP contribution is 2.22. The molecule has 2 heterocycles. The molecule has 12 heteroatoms. The molecule has 1 aromatic carbocycles. The average Bonchev–Trinajstić information content (AvgIpc) is 3.25. The first-order valence-corrected chi connectivity index (χ1v) is 13.3. The second-order valence-electron chi connectivity index (χ2n) is 7.31. The van der Waals surface area contributed by atoms with Crippen molar-refractivity contribution in [3.63, 3.8) is 0 Å². The maximum absolute atomic E-state index is 12.7. The average molecular weight is 492 g/mol. The van der Waals surface area contributed by atoms with Crippen LogP contribution in [0.5, 0.6) is 0 Å². The van der Waals surface area contributed by atoms with Gasteiger partial charge in [0.15, 0.2) is 9.84 Å². The third kappa shape index (κ3) is 6.27. The lowest BCUT2D eigenvalue weighted by molar-refractivity contribution is -0.124. The van der Waals surface area contributed by atoms with Crippen molar-refractivity contribution < 1.29 is 26.4 Å². The number of carbonyl (C=O) groups excluding carboxylic acids is 1. The van der Waals surface area contributed by atoms with Gasteiger partial charge in [-0.2, -0.15) is 17.0 Å². The fourth-order valence-electron chi connectivity index (χ4n) is 3.41. The van der Waals surface area contributed by atoms with Crippen LogP contribution < -0.4 is 5.32 Å². The Labute approximate surface area is 188 Å². The number of nitrogens with zero attached hydrogens (tertiary/aromatic N) is 2. The molecule has 2 aliphatic rings. The van der Waals surface area contributed by atoms with Gasteiger partial charge in [-0.3, -0.25) is 4.79 Å². The number of ether oxygens (including phenoxy) is 1. The van der Waals surface area contributed by atoms with E-state index in [2.05, 4.69) is 5.32 Å². The van der Waals surface area contributed by atoms with Crippen molar-refractivity contribution in [2.75, 3.05) is 45.9 Å². The topological polar surface area (TPSA) is 113 Å². The van der Waals surface area contributed by atoms with E-state index in [4.69, 9.17) is 16.3 Å². The van der Waals surface area contributed by atoms with Crippen molar-refractivity contribution in [2.24, 2.45) is 5.92 Å². The Morgan fingerprint density at radius 1 is 1.10 bits per heavy atom. The molecule has 2 fully saturated rings. The Morgan fingerprint density at radius 2 is 1.77 bits per heavy atom. The summed E-state index contributed by atoms with van der Waals surface area (Å²) in [5.74, 6) is -0.647. The van der Waals surface area contributed by atoms with Crippen molar-refractivity contribution in [3.05, 3.63) is 40.8 Å². The van der Waals surface area contributed by atoms with Crippen LogP contribution in [0.3, 0.4) is 0 Å². The third-order valence-electron chi connectivity index (χ3n) is 5.17. The Bertz CT molecular complexity index is 1010. The van der Waals surface area contributed by atoms with E-state index < -0.39 is 26.0 Å². The van der Waals surface area contributed by atoms with Crippen LogP contribution in [0.1, 0.15) is 12.8 Å². The molecule has 0 saturated carbocycles. The van der Waals surface area contributed by atoms with Gasteiger partial charge in [0.25, 0.3) is 10.2 Å². The monoisotopic (exact) mass is 491 g/mol. The summed E-state index contributed by atoms with van der Waals surface area (Å²) in [6.07, 6.45) is 2.27. The Morgan fingerprint density at radius 3 is 2.45 bits per heavy atom. The predicted molar refractivity (Wildman–Crippen MR) is 116 cm³/mol. The molecule has 0 radical (unpaired) electrons. The Balaban J connectivity index is 1.44. The molecule has 1 atom stereocenters. The summed E-state index contributed by atoms with van der Waals surface area (Å²) in [7, 11) is -7.15. The molecule has 2 aliphatic heterocycles. The van der Waals surface area contributed by atoms with Gasteiger partial charge in [-0.15, -0.1) is 0 Å². The minimum absolute atomic E-state index is 0.143. The molecule has 0 spiro atoms. The van der Waals surface area contributed by atoms with E-state index in [1.807, 2.05) is 0 Å². The van der Waals surface area contributed by atoms with Crippen LogP contribution in [0, 0.1) is 5.92 Å². The molecule has 0 aliphatic carbocycles. The van der Waals surface area contributed by atoms with Crippen LogP contribution in [-0.4, -0.2) is 77.3 Å². The zero-order valence-corrected chi connectivity index (χ0v) is 19.3. The summed E-state index contributed by atoms with van der Waals surface area (Å²) in [4.78, 5) is 12.5. The number of hydrogen-bond acceptors (Lipinski definition) is 6. The fraction of sp³-hybridized carbons (Fsp3) is 0.526. The summed E-state index contributed by atoms with van der Waals surface area (Å²) >= 11 is 5.77. The Kier molecular flexibility index (Phi) is 8.11. The molecule has 0 bridgehead atoms. The molecule has 0 unspecified atom stereocenters. The quantitative estimate of drug-likeness (QED) is 0.543. The third-order valence-corrected chi connectivity index (χ3v) is 8.91. The molecule has 9 nitrogen and oxygen atoms in total. The molecule has 1 N–H and O–H groups in total. The number of nitrogens with one attached hydrogen (secondary N) is 1. The van der Waals surface area contributed by atoms with Gasteiger partial charge in [-0.1, -0.05) is 17.7 Å². The summed E-state index contributed by atoms with van der Waals surface area (Å²) in [5, 5.41) is 4.31. The van der Waals surface area contributed by atoms with Gasteiger partial charge in [0.05, 0.1) is 24.0 Å².